The molecule has 0 radical (unpaired) electrons. The number of rotatable bonds is 2. The van der Waals surface area contributed by atoms with Gasteiger partial charge in [-0.15, -0.1) is 0 Å². The number of hydrogen-bond donors (Lipinski definition) is 2. The zero-order valence-electron chi connectivity index (χ0n) is 8.49. The molecule has 0 aromatic heterocycles. The standard InChI is InChI=1S/C10H17N3O/c1-7-4-2-3-5-8(7)9(6-11)10(14)13-12/h7-9H,2-5,12H2,1H3,(H,13,14). The lowest BCUT2D eigenvalue weighted by atomic mass is 9.73. The second kappa shape index (κ2) is 4.97. The van der Waals surface area contributed by atoms with E-state index in [9.17, 15) is 4.79 Å². The van der Waals surface area contributed by atoms with Crippen LogP contribution >= 0.6 is 0 Å². The third-order valence-corrected chi connectivity index (χ3v) is 3.17. The van der Waals surface area contributed by atoms with Crippen LogP contribution < -0.4 is 11.3 Å². The molecule has 0 aromatic carbocycles. The van der Waals surface area contributed by atoms with Gasteiger partial charge in [-0.05, 0) is 18.3 Å². The van der Waals surface area contributed by atoms with Crippen LogP contribution in [0, 0.1) is 29.1 Å². The molecule has 0 saturated heterocycles. The summed E-state index contributed by atoms with van der Waals surface area (Å²) >= 11 is 0. The molecule has 3 N–H and O–H groups in total. The Morgan fingerprint density at radius 3 is 2.71 bits per heavy atom. The Kier molecular flexibility index (Phi) is 3.90. The fourth-order valence-electron chi connectivity index (χ4n) is 2.28. The molecule has 4 heteroatoms. The molecule has 1 fully saturated rings. The molecule has 78 valence electrons. The van der Waals surface area contributed by atoms with E-state index in [4.69, 9.17) is 11.1 Å². The number of hydrogen-bond acceptors (Lipinski definition) is 3. The van der Waals surface area contributed by atoms with Crippen molar-refractivity contribution in [2.24, 2.45) is 23.6 Å². The molecular formula is C10H17N3O. The van der Waals surface area contributed by atoms with Crippen LogP contribution in [-0.2, 0) is 4.79 Å². The summed E-state index contributed by atoms with van der Waals surface area (Å²) in [5.74, 6) is 4.76. The van der Waals surface area contributed by atoms with Crippen molar-refractivity contribution in [3.05, 3.63) is 0 Å². The largest absolute Gasteiger partial charge is 0.293 e. The van der Waals surface area contributed by atoms with Crippen LogP contribution in [0.3, 0.4) is 0 Å². The highest BCUT2D eigenvalue weighted by Crippen LogP contribution is 2.34. The first kappa shape index (κ1) is 11.0. The van der Waals surface area contributed by atoms with E-state index in [1.807, 2.05) is 0 Å². The van der Waals surface area contributed by atoms with Crippen molar-refractivity contribution < 1.29 is 4.79 Å². The maximum Gasteiger partial charge on any atom is 0.251 e. The monoisotopic (exact) mass is 195 g/mol. The van der Waals surface area contributed by atoms with Gasteiger partial charge in [0, 0.05) is 0 Å². The zero-order valence-corrected chi connectivity index (χ0v) is 8.49. The Morgan fingerprint density at radius 1 is 1.57 bits per heavy atom. The number of nitrogens with zero attached hydrogens (tertiary/aromatic N) is 1. The molecule has 1 aliphatic rings. The number of hydrazine groups is 1. The number of carbonyl (C=O) groups is 1. The summed E-state index contributed by atoms with van der Waals surface area (Å²) in [6.07, 6.45) is 4.40. The summed E-state index contributed by atoms with van der Waals surface area (Å²) in [6.45, 7) is 2.11. The maximum atomic E-state index is 11.3. The molecule has 1 aliphatic carbocycles. The van der Waals surface area contributed by atoms with Crippen LogP contribution in [0.1, 0.15) is 32.6 Å². The second-order valence-corrected chi connectivity index (χ2v) is 4.04. The molecule has 1 rings (SSSR count). The predicted octanol–water partition coefficient (Wildman–Crippen LogP) is 0.942. The average Bonchev–Trinajstić information content (AvgIpc) is 2.21. The molecule has 0 aliphatic heterocycles. The Morgan fingerprint density at radius 2 is 2.21 bits per heavy atom. The van der Waals surface area contributed by atoms with E-state index in [-0.39, 0.29) is 11.8 Å². The Bertz CT molecular complexity index is 246. The molecule has 4 nitrogen and oxygen atoms in total. The summed E-state index contributed by atoms with van der Waals surface area (Å²) in [7, 11) is 0. The molecule has 14 heavy (non-hydrogen) atoms. The maximum absolute atomic E-state index is 11.3. The smallest absolute Gasteiger partial charge is 0.251 e. The Balaban J connectivity index is 2.68. The van der Waals surface area contributed by atoms with Gasteiger partial charge in [0.25, 0.3) is 5.91 Å². The lowest BCUT2D eigenvalue weighted by molar-refractivity contribution is -0.125. The van der Waals surface area contributed by atoms with Crippen molar-refractivity contribution in [3.8, 4) is 6.07 Å². The second-order valence-electron chi connectivity index (χ2n) is 4.04. The van der Waals surface area contributed by atoms with Gasteiger partial charge in [-0.2, -0.15) is 5.26 Å². The number of amides is 1. The molecule has 0 heterocycles. The van der Waals surface area contributed by atoms with Gasteiger partial charge in [0.05, 0.1) is 6.07 Å². The van der Waals surface area contributed by atoms with Gasteiger partial charge in [0.1, 0.15) is 5.92 Å². The normalized spacial score (nSPS) is 28.9. The average molecular weight is 195 g/mol. The number of nitrogens with one attached hydrogen (secondary N) is 1. The summed E-state index contributed by atoms with van der Waals surface area (Å²) in [4.78, 5) is 11.3. The SMILES string of the molecule is CC1CCCCC1C(C#N)C(=O)NN. The third kappa shape index (κ3) is 2.24. The van der Waals surface area contributed by atoms with E-state index >= 15 is 0 Å². The molecule has 1 amide bonds. The van der Waals surface area contributed by atoms with E-state index < -0.39 is 5.92 Å². The zero-order chi connectivity index (χ0) is 10.6. The molecule has 1 saturated carbocycles. The van der Waals surface area contributed by atoms with Crippen LogP contribution in [0.5, 0.6) is 0 Å². The van der Waals surface area contributed by atoms with E-state index in [1.165, 1.54) is 6.42 Å². The van der Waals surface area contributed by atoms with Crippen LogP contribution in [-0.4, -0.2) is 5.91 Å². The fourth-order valence-corrected chi connectivity index (χ4v) is 2.28. The highest BCUT2D eigenvalue weighted by molar-refractivity contribution is 5.80. The van der Waals surface area contributed by atoms with E-state index in [1.54, 1.807) is 0 Å². The summed E-state index contributed by atoms with van der Waals surface area (Å²) < 4.78 is 0. The van der Waals surface area contributed by atoms with Crippen molar-refractivity contribution in [3.63, 3.8) is 0 Å². The first-order valence-electron chi connectivity index (χ1n) is 5.10. The minimum Gasteiger partial charge on any atom is -0.293 e. The van der Waals surface area contributed by atoms with E-state index in [0.29, 0.717) is 5.92 Å². The first-order chi connectivity index (χ1) is 6.70. The van der Waals surface area contributed by atoms with Crippen molar-refractivity contribution in [1.82, 2.24) is 5.43 Å². The first-order valence-corrected chi connectivity index (χ1v) is 5.10. The van der Waals surface area contributed by atoms with Crippen LogP contribution in [0.4, 0.5) is 0 Å². The van der Waals surface area contributed by atoms with Crippen molar-refractivity contribution >= 4 is 5.91 Å². The highest BCUT2D eigenvalue weighted by atomic mass is 16.2. The van der Waals surface area contributed by atoms with E-state index in [0.717, 1.165) is 19.3 Å². The summed E-state index contributed by atoms with van der Waals surface area (Å²) in [5, 5.41) is 8.93. The summed E-state index contributed by atoms with van der Waals surface area (Å²) in [5.41, 5.74) is 2.07. The van der Waals surface area contributed by atoms with Gasteiger partial charge in [-0.1, -0.05) is 26.2 Å². The highest BCUT2D eigenvalue weighted by Gasteiger charge is 2.33. The lowest BCUT2D eigenvalue weighted by Gasteiger charge is -2.30. The molecule has 3 unspecified atom stereocenters. The minimum atomic E-state index is -0.574. The lowest BCUT2D eigenvalue weighted by Crippen LogP contribution is -2.40. The van der Waals surface area contributed by atoms with Crippen molar-refractivity contribution in [2.45, 2.75) is 32.6 Å². The summed E-state index contributed by atoms with van der Waals surface area (Å²) in [6, 6.07) is 2.06. The molecular weight excluding hydrogens is 178 g/mol. The Labute approximate surface area is 84.4 Å². The van der Waals surface area contributed by atoms with Gasteiger partial charge in [-0.3, -0.25) is 10.2 Å². The van der Waals surface area contributed by atoms with Gasteiger partial charge >= 0.3 is 0 Å². The number of carbonyl (C=O) groups excluding carboxylic acids is 1. The van der Waals surface area contributed by atoms with Gasteiger partial charge in [0.2, 0.25) is 0 Å². The molecule has 0 bridgehead atoms. The van der Waals surface area contributed by atoms with Crippen molar-refractivity contribution in [1.29, 1.82) is 5.26 Å². The van der Waals surface area contributed by atoms with Gasteiger partial charge in [0.15, 0.2) is 0 Å². The van der Waals surface area contributed by atoms with Crippen LogP contribution in [0.25, 0.3) is 0 Å². The predicted molar refractivity (Wildman–Crippen MR) is 52.6 cm³/mol. The molecule has 0 spiro atoms. The van der Waals surface area contributed by atoms with Crippen LogP contribution in [0.15, 0.2) is 0 Å². The Hall–Kier alpha value is -1.08. The third-order valence-electron chi connectivity index (χ3n) is 3.17. The molecule has 3 atom stereocenters. The number of nitriles is 1. The van der Waals surface area contributed by atoms with E-state index in [2.05, 4.69) is 18.4 Å². The van der Waals surface area contributed by atoms with Gasteiger partial charge < -0.3 is 0 Å². The fraction of sp³-hybridized carbons (Fsp3) is 0.800. The quantitative estimate of drug-likeness (QED) is 0.391. The van der Waals surface area contributed by atoms with Crippen LogP contribution in [0.2, 0.25) is 0 Å². The van der Waals surface area contributed by atoms with Gasteiger partial charge in [-0.25, -0.2) is 5.84 Å². The van der Waals surface area contributed by atoms with Crippen molar-refractivity contribution in [2.75, 3.05) is 0 Å². The topological polar surface area (TPSA) is 78.9 Å². The molecule has 0 aromatic rings. The minimum absolute atomic E-state index is 0.178. The number of nitrogens with two attached hydrogens (primary N) is 1.